The molecule has 1 fully saturated rings. The maximum atomic E-state index is 11.9. The molecular formula is C15H23N3O3. The van der Waals surface area contributed by atoms with Gasteiger partial charge in [-0.1, -0.05) is 12.1 Å². The number of amides is 1. The van der Waals surface area contributed by atoms with E-state index in [1.807, 2.05) is 24.3 Å². The Morgan fingerprint density at radius 1 is 1.48 bits per heavy atom. The van der Waals surface area contributed by atoms with Crippen LogP contribution in [0.1, 0.15) is 6.42 Å². The molecule has 1 amide bonds. The summed E-state index contributed by atoms with van der Waals surface area (Å²) in [6.45, 7) is 1.87. The standard InChI is InChI=1S/C15H23N3O3/c1-20-10-12(16)15(19)17-11-7-8-18(9-11)13-5-3-4-6-14(13)21-2/h3-6,11-12H,7-10,16H2,1-2H3,(H,17,19). The van der Waals surface area contributed by atoms with E-state index in [2.05, 4.69) is 10.2 Å². The number of nitrogens with zero attached hydrogens (tertiary/aromatic N) is 1. The predicted octanol–water partition coefficient (Wildman–Crippen LogP) is 0.364. The van der Waals surface area contributed by atoms with E-state index in [0.29, 0.717) is 0 Å². The first kappa shape index (κ1) is 15.6. The van der Waals surface area contributed by atoms with Crippen LogP contribution in [0.25, 0.3) is 0 Å². The van der Waals surface area contributed by atoms with Crippen molar-refractivity contribution < 1.29 is 14.3 Å². The second-order valence-electron chi connectivity index (χ2n) is 5.17. The summed E-state index contributed by atoms with van der Waals surface area (Å²) < 4.78 is 10.3. The SMILES string of the molecule is COCC(N)C(=O)NC1CCN(c2ccccc2OC)C1. The highest BCUT2D eigenvalue weighted by atomic mass is 16.5. The van der Waals surface area contributed by atoms with Gasteiger partial charge in [0.15, 0.2) is 0 Å². The molecule has 0 aliphatic carbocycles. The van der Waals surface area contributed by atoms with E-state index in [1.54, 1.807) is 7.11 Å². The molecule has 2 rings (SSSR count). The molecule has 6 heteroatoms. The van der Waals surface area contributed by atoms with Crippen molar-refractivity contribution in [1.29, 1.82) is 0 Å². The van der Waals surface area contributed by atoms with E-state index < -0.39 is 6.04 Å². The summed E-state index contributed by atoms with van der Waals surface area (Å²) in [6, 6.07) is 7.38. The third-order valence-corrected chi connectivity index (χ3v) is 3.64. The molecule has 1 aliphatic heterocycles. The lowest BCUT2D eigenvalue weighted by molar-refractivity contribution is -0.124. The summed E-state index contributed by atoms with van der Waals surface area (Å²) in [5.74, 6) is 0.685. The monoisotopic (exact) mass is 293 g/mol. The number of anilines is 1. The van der Waals surface area contributed by atoms with Crippen molar-refractivity contribution in [2.75, 3.05) is 38.8 Å². The lowest BCUT2D eigenvalue weighted by atomic mass is 10.2. The van der Waals surface area contributed by atoms with E-state index in [9.17, 15) is 4.79 Å². The summed E-state index contributed by atoms with van der Waals surface area (Å²) in [5, 5.41) is 2.97. The molecule has 1 aliphatic rings. The Bertz CT molecular complexity index is 481. The van der Waals surface area contributed by atoms with Gasteiger partial charge in [0.05, 0.1) is 19.4 Å². The summed E-state index contributed by atoms with van der Waals surface area (Å²) in [4.78, 5) is 14.1. The van der Waals surface area contributed by atoms with Gasteiger partial charge in [-0.05, 0) is 18.6 Å². The van der Waals surface area contributed by atoms with Crippen LogP contribution in [0.2, 0.25) is 0 Å². The number of benzene rings is 1. The van der Waals surface area contributed by atoms with Crippen molar-refractivity contribution in [1.82, 2.24) is 5.32 Å². The fraction of sp³-hybridized carbons (Fsp3) is 0.533. The van der Waals surface area contributed by atoms with E-state index in [-0.39, 0.29) is 18.6 Å². The average molecular weight is 293 g/mol. The fourth-order valence-corrected chi connectivity index (χ4v) is 2.55. The first-order chi connectivity index (χ1) is 10.2. The van der Waals surface area contributed by atoms with E-state index >= 15 is 0 Å². The highest BCUT2D eigenvalue weighted by Gasteiger charge is 2.27. The highest BCUT2D eigenvalue weighted by Crippen LogP contribution is 2.30. The van der Waals surface area contributed by atoms with Crippen LogP contribution in [-0.4, -0.2) is 51.9 Å². The second-order valence-corrected chi connectivity index (χ2v) is 5.17. The van der Waals surface area contributed by atoms with E-state index in [4.69, 9.17) is 15.2 Å². The third kappa shape index (κ3) is 3.86. The Hall–Kier alpha value is -1.79. The minimum absolute atomic E-state index is 0.102. The minimum atomic E-state index is -0.615. The normalized spacial score (nSPS) is 19.4. The number of nitrogens with one attached hydrogen (secondary N) is 1. The first-order valence-electron chi connectivity index (χ1n) is 7.08. The van der Waals surface area contributed by atoms with Crippen molar-refractivity contribution in [2.45, 2.75) is 18.5 Å². The van der Waals surface area contributed by atoms with Crippen molar-refractivity contribution in [3.05, 3.63) is 24.3 Å². The van der Waals surface area contributed by atoms with E-state index in [1.165, 1.54) is 7.11 Å². The number of carbonyl (C=O) groups is 1. The quantitative estimate of drug-likeness (QED) is 0.792. The van der Waals surface area contributed by atoms with Crippen molar-refractivity contribution in [3.63, 3.8) is 0 Å². The number of methoxy groups -OCH3 is 2. The number of nitrogens with two attached hydrogens (primary N) is 1. The predicted molar refractivity (Wildman–Crippen MR) is 81.6 cm³/mol. The van der Waals surface area contributed by atoms with Gasteiger partial charge in [0.1, 0.15) is 11.8 Å². The van der Waals surface area contributed by atoms with Gasteiger partial charge in [-0.2, -0.15) is 0 Å². The maximum absolute atomic E-state index is 11.9. The molecular weight excluding hydrogens is 270 g/mol. The number of ether oxygens (including phenoxy) is 2. The number of hydrogen-bond donors (Lipinski definition) is 2. The van der Waals surface area contributed by atoms with Crippen LogP contribution < -0.4 is 20.7 Å². The molecule has 6 nitrogen and oxygen atoms in total. The lowest BCUT2D eigenvalue weighted by Gasteiger charge is -2.22. The zero-order valence-electron chi connectivity index (χ0n) is 12.5. The van der Waals surface area contributed by atoms with Crippen LogP contribution in [0, 0.1) is 0 Å². The average Bonchev–Trinajstić information content (AvgIpc) is 2.95. The topological polar surface area (TPSA) is 76.8 Å². The largest absolute Gasteiger partial charge is 0.495 e. The number of hydrogen-bond acceptors (Lipinski definition) is 5. The second kappa shape index (κ2) is 7.28. The Balaban J connectivity index is 1.93. The van der Waals surface area contributed by atoms with Crippen LogP contribution >= 0.6 is 0 Å². The molecule has 0 bridgehead atoms. The molecule has 0 spiro atoms. The highest BCUT2D eigenvalue weighted by molar-refractivity contribution is 5.82. The third-order valence-electron chi connectivity index (χ3n) is 3.64. The zero-order chi connectivity index (χ0) is 15.2. The van der Waals surface area contributed by atoms with Gasteiger partial charge in [0.25, 0.3) is 0 Å². The summed E-state index contributed by atoms with van der Waals surface area (Å²) in [7, 11) is 3.20. The van der Waals surface area contributed by atoms with Gasteiger partial charge in [0.2, 0.25) is 5.91 Å². The Kier molecular flexibility index (Phi) is 5.41. The number of carbonyl (C=O) groups excluding carboxylic acids is 1. The molecule has 1 aromatic rings. The van der Waals surface area contributed by atoms with Crippen molar-refractivity contribution in [2.24, 2.45) is 5.73 Å². The minimum Gasteiger partial charge on any atom is -0.495 e. The van der Waals surface area contributed by atoms with Gasteiger partial charge in [-0.15, -0.1) is 0 Å². The maximum Gasteiger partial charge on any atom is 0.239 e. The van der Waals surface area contributed by atoms with E-state index in [0.717, 1.165) is 30.9 Å². The Morgan fingerprint density at radius 3 is 2.95 bits per heavy atom. The van der Waals surface area contributed by atoms with Crippen LogP contribution in [0.15, 0.2) is 24.3 Å². The Morgan fingerprint density at radius 2 is 2.24 bits per heavy atom. The van der Waals surface area contributed by atoms with Gasteiger partial charge in [-0.25, -0.2) is 0 Å². The fourth-order valence-electron chi connectivity index (χ4n) is 2.55. The smallest absolute Gasteiger partial charge is 0.239 e. The molecule has 2 unspecified atom stereocenters. The molecule has 0 aromatic heterocycles. The molecule has 1 heterocycles. The number of rotatable bonds is 6. The first-order valence-corrected chi connectivity index (χ1v) is 7.08. The van der Waals surface area contributed by atoms with Crippen molar-refractivity contribution in [3.8, 4) is 5.75 Å². The van der Waals surface area contributed by atoms with Gasteiger partial charge in [-0.3, -0.25) is 4.79 Å². The molecule has 21 heavy (non-hydrogen) atoms. The van der Waals surface area contributed by atoms with Crippen LogP contribution in [0.4, 0.5) is 5.69 Å². The molecule has 0 radical (unpaired) electrons. The zero-order valence-corrected chi connectivity index (χ0v) is 12.5. The molecule has 0 saturated carbocycles. The number of para-hydroxylation sites is 2. The van der Waals surface area contributed by atoms with Gasteiger partial charge in [0, 0.05) is 26.2 Å². The van der Waals surface area contributed by atoms with Crippen LogP contribution in [0.3, 0.4) is 0 Å². The summed E-state index contributed by atoms with van der Waals surface area (Å²) in [5.41, 5.74) is 6.78. The molecule has 3 N–H and O–H groups in total. The lowest BCUT2D eigenvalue weighted by Crippen LogP contribution is -2.48. The Labute approximate surface area is 125 Å². The van der Waals surface area contributed by atoms with Crippen molar-refractivity contribution >= 4 is 11.6 Å². The van der Waals surface area contributed by atoms with Crippen LogP contribution in [0.5, 0.6) is 5.75 Å². The van der Waals surface area contributed by atoms with Gasteiger partial charge < -0.3 is 25.4 Å². The summed E-state index contributed by atoms with van der Waals surface area (Å²) in [6.07, 6.45) is 0.892. The molecule has 1 aromatic carbocycles. The summed E-state index contributed by atoms with van der Waals surface area (Å²) >= 11 is 0. The van der Waals surface area contributed by atoms with Crippen LogP contribution in [-0.2, 0) is 9.53 Å². The molecule has 1 saturated heterocycles. The molecule has 116 valence electrons. The molecule has 2 atom stereocenters. The van der Waals surface area contributed by atoms with Gasteiger partial charge >= 0.3 is 0 Å².